The molecule has 0 aromatic rings. The van der Waals surface area contributed by atoms with Gasteiger partial charge in [0.2, 0.25) is 11.8 Å². The number of carbonyl (C=O) groups excluding carboxylic acids is 2. The third kappa shape index (κ3) is 4.42. The van der Waals surface area contributed by atoms with Crippen molar-refractivity contribution in [3.63, 3.8) is 0 Å². The van der Waals surface area contributed by atoms with Crippen LogP contribution < -0.4 is 5.32 Å². The lowest BCUT2D eigenvalue weighted by Gasteiger charge is -2.46. The van der Waals surface area contributed by atoms with Crippen molar-refractivity contribution in [1.82, 2.24) is 15.1 Å². The molecule has 2 saturated heterocycles. The Bertz CT molecular complexity index is 684. The van der Waals surface area contributed by atoms with Gasteiger partial charge in [-0.2, -0.15) is 0 Å². The van der Waals surface area contributed by atoms with Gasteiger partial charge in [0.15, 0.2) is 0 Å². The van der Waals surface area contributed by atoms with Gasteiger partial charge in [-0.15, -0.1) is 11.8 Å². The summed E-state index contributed by atoms with van der Waals surface area (Å²) in [7, 11) is 3.42. The Hall–Kier alpha value is -1.70. The molecular weight excluding hydrogens is 406 g/mol. The molecule has 0 aliphatic carbocycles. The number of hydrogen-bond donors (Lipinski definition) is 3. The summed E-state index contributed by atoms with van der Waals surface area (Å²) < 4.78 is 0. The zero-order valence-electron chi connectivity index (χ0n) is 16.8. The van der Waals surface area contributed by atoms with Crippen molar-refractivity contribution in [1.29, 1.82) is 0 Å². The van der Waals surface area contributed by atoms with Crippen molar-refractivity contribution in [3.05, 3.63) is 10.6 Å². The van der Waals surface area contributed by atoms with Crippen LogP contribution in [0.3, 0.4) is 0 Å². The fraction of sp³-hybridized carbons (Fsp3) is 0.706. The van der Waals surface area contributed by atoms with Gasteiger partial charge in [0, 0.05) is 36.7 Å². The van der Waals surface area contributed by atoms with E-state index in [-0.39, 0.29) is 57.2 Å². The Balaban J connectivity index is 0.00000261. The smallest absolute Gasteiger partial charge is 0.353 e. The standard InChI is InChI=1S/C17H25N3O5S.3H2O/c1-7-12-11(8(2)21)16(23)20(12)13(17(24)25)14(7)26-9-5-10(18-6-9)15(22)19(3)4;;;/h7-12,18,21H,5-6H2,1-4H3,(H,24,25);3*1H2/t7-,8?,9+,10+,11?,12-;;;/m1.../s1. The van der Waals surface area contributed by atoms with Crippen LogP contribution in [0.2, 0.25) is 0 Å². The Labute approximate surface area is 173 Å². The highest BCUT2D eigenvalue weighted by atomic mass is 32.2. The first-order chi connectivity index (χ1) is 12.1. The molecule has 0 radical (unpaired) electrons. The van der Waals surface area contributed by atoms with E-state index in [1.165, 1.54) is 16.7 Å². The lowest BCUT2D eigenvalue weighted by Crippen LogP contribution is -2.63. The number of aliphatic hydroxyl groups is 1. The second-order valence-corrected chi connectivity index (χ2v) is 8.78. The quantitative estimate of drug-likeness (QED) is 0.385. The lowest BCUT2D eigenvalue weighted by molar-refractivity contribution is -0.163. The molecule has 3 rings (SSSR count). The molecule has 2 unspecified atom stereocenters. The van der Waals surface area contributed by atoms with E-state index < -0.39 is 18.0 Å². The monoisotopic (exact) mass is 437 g/mol. The molecule has 12 heteroatoms. The minimum absolute atomic E-state index is 0. The molecule has 0 aromatic heterocycles. The first-order valence-corrected chi connectivity index (χ1v) is 9.62. The minimum atomic E-state index is -1.12. The van der Waals surface area contributed by atoms with Gasteiger partial charge in [0.25, 0.3) is 0 Å². The summed E-state index contributed by atoms with van der Waals surface area (Å²) in [6.07, 6.45) is -0.190. The maximum absolute atomic E-state index is 12.3. The van der Waals surface area contributed by atoms with E-state index in [0.717, 1.165) is 0 Å². The fourth-order valence-electron chi connectivity index (χ4n) is 4.15. The topological polar surface area (TPSA) is 205 Å². The third-order valence-electron chi connectivity index (χ3n) is 5.43. The first-order valence-electron chi connectivity index (χ1n) is 8.75. The van der Waals surface area contributed by atoms with E-state index in [4.69, 9.17) is 0 Å². The van der Waals surface area contributed by atoms with Gasteiger partial charge in [-0.05, 0) is 13.3 Å². The summed E-state index contributed by atoms with van der Waals surface area (Å²) in [5, 5.41) is 22.8. The van der Waals surface area contributed by atoms with E-state index in [2.05, 4.69) is 5.32 Å². The Morgan fingerprint density at radius 2 is 1.86 bits per heavy atom. The Morgan fingerprint density at radius 3 is 2.34 bits per heavy atom. The number of carboxylic acids is 1. The maximum atomic E-state index is 12.3. The van der Waals surface area contributed by atoms with Crippen molar-refractivity contribution in [3.8, 4) is 0 Å². The molecule has 0 bridgehead atoms. The molecule has 0 spiro atoms. The number of aliphatic hydroxyl groups excluding tert-OH is 1. The third-order valence-corrected chi connectivity index (χ3v) is 6.95. The number of β-lactam (4-membered cyclic amide) rings is 1. The molecule has 3 heterocycles. The van der Waals surface area contributed by atoms with E-state index >= 15 is 0 Å². The van der Waals surface area contributed by atoms with Crippen molar-refractivity contribution in [2.75, 3.05) is 20.6 Å². The number of aliphatic carboxylic acids is 1. The van der Waals surface area contributed by atoms with Crippen LogP contribution in [-0.2, 0) is 14.4 Å². The second-order valence-electron chi connectivity index (χ2n) is 7.44. The number of nitrogens with one attached hydrogen (secondary N) is 1. The summed E-state index contributed by atoms with van der Waals surface area (Å²) in [5.74, 6) is -2.14. The first kappa shape index (κ1) is 27.3. The molecule has 3 aliphatic rings. The Morgan fingerprint density at radius 1 is 1.28 bits per heavy atom. The number of rotatable bonds is 5. The Kier molecular flexibility index (Phi) is 9.29. The van der Waals surface area contributed by atoms with Gasteiger partial charge in [0.05, 0.1) is 24.1 Å². The van der Waals surface area contributed by atoms with Crippen LogP contribution in [0.1, 0.15) is 20.3 Å². The van der Waals surface area contributed by atoms with E-state index in [9.17, 15) is 24.6 Å². The summed E-state index contributed by atoms with van der Waals surface area (Å²) in [4.78, 5) is 39.8. The SMILES string of the molecule is CC(O)C1C(=O)N2C(C(=O)O)=C(S[C@@H]3CN[C@H](C(=O)N(C)C)C3)[C@H](C)[C@H]12.O.O.O. The highest BCUT2D eigenvalue weighted by Gasteiger charge is 2.60. The summed E-state index contributed by atoms with van der Waals surface area (Å²) in [6.45, 7) is 4.08. The average molecular weight is 438 g/mol. The van der Waals surface area contributed by atoms with Crippen LogP contribution >= 0.6 is 11.8 Å². The number of likely N-dealkylation sites (N-methyl/N-ethyl adjacent to an activating group) is 1. The molecule has 6 atom stereocenters. The number of amides is 2. The second kappa shape index (κ2) is 9.87. The summed E-state index contributed by atoms with van der Waals surface area (Å²) in [6, 6.07) is -0.568. The van der Waals surface area contributed by atoms with Gasteiger partial charge in [0.1, 0.15) is 5.70 Å². The maximum Gasteiger partial charge on any atom is 0.353 e. The number of hydrogen-bond acceptors (Lipinski definition) is 6. The average Bonchev–Trinajstić information content (AvgIpc) is 3.09. The summed E-state index contributed by atoms with van der Waals surface area (Å²) in [5.41, 5.74) is 0.0387. The molecule has 11 nitrogen and oxygen atoms in total. The molecule has 3 aliphatic heterocycles. The zero-order valence-corrected chi connectivity index (χ0v) is 17.6. The van der Waals surface area contributed by atoms with Gasteiger partial charge in [-0.25, -0.2) is 4.79 Å². The molecular formula is C17H31N3O8S. The number of carbonyl (C=O) groups is 3. The van der Waals surface area contributed by atoms with E-state index in [0.29, 0.717) is 17.9 Å². The van der Waals surface area contributed by atoms with Crippen LogP contribution in [0.4, 0.5) is 0 Å². The number of fused-ring (bicyclic) bond motifs is 1. The number of nitrogens with zero attached hydrogens (tertiary/aromatic N) is 2. The molecule has 2 amide bonds. The molecule has 168 valence electrons. The van der Waals surface area contributed by atoms with E-state index in [1.807, 2.05) is 6.92 Å². The number of carboxylic acid groups (broad SMARTS) is 1. The van der Waals surface area contributed by atoms with Crippen LogP contribution in [0.25, 0.3) is 0 Å². The van der Waals surface area contributed by atoms with Crippen molar-refractivity contribution < 1.29 is 41.0 Å². The predicted octanol–water partition coefficient (Wildman–Crippen LogP) is -2.78. The van der Waals surface area contributed by atoms with Crippen LogP contribution in [0, 0.1) is 11.8 Å². The van der Waals surface area contributed by atoms with Gasteiger partial charge >= 0.3 is 5.97 Å². The van der Waals surface area contributed by atoms with E-state index in [1.54, 1.807) is 25.9 Å². The van der Waals surface area contributed by atoms with Crippen LogP contribution in [-0.4, -0.2) is 98.3 Å². The van der Waals surface area contributed by atoms with Crippen LogP contribution in [0.5, 0.6) is 0 Å². The van der Waals surface area contributed by atoms with Crippen molar-refractivity contribution in [2.45, 2.75) is 43.7 Å². The highest BCUT2D eigenvalue weighted by molar-refractivity contribution is 8.03. The predicted molar refractivity (Wildman–Crippen MR) is 107 cm³/mol. The highest BCUT2D eigenvalue weighted by Crippen LogP contribution is 2.51. The largest absolute Gasteiger partial charge is 0.477 e. The molecule has 29 heavy (non-hydrogen) atoms. The molecule has 0 saturated carbocycles. The van der Waals surface area contributed by atoms with Gasteiger partial charge < -0.3 is 41.8 Å². The van der Waals surface area contributed by atoms with Gasteiger partial charge in [-0.3, -0.25) is 9.59 Å². The summed E-state index contributed by atoms with van der Waals surface area (Å²) >= 11 is 1.45. The molecule has 9 N–H and O–H groups in total. The minimum Gasteiger partial charge on any atom is -0.477 e. The lowest BCUT2D eigenvalue weighted by atomic mass is 9.79. The van der Waals surface area contributed by atoms with Crippen molar-refractivity contribution in [2.24, 2.45) is 11.8 Å². The molecule has 0 aromatic carbocycles. The molecule has 2 fully saturated rings. The van der Waals surface area contributed by atoms with Gasteiger partial charge in [-0.1, -0.05) is 6.92 Å². The number of thioether (sulfide) groups is 1. The fourth-order valence-corrected chi connectivity index (χ4v) is 5.63. The van der Waals surface area contributed by atoms with Crippen LogP contribution in [0.15, 0.2) is 10.6 Å². The zero-order chi connectivity index (χ0) is 19.3. The van der Waals surface area contributed by atoms with Crippen molar-refractivity contribution >= 4 is 29.5 Å². The normalized spacial score (nSPS) is 31.0.